The van der Waals surface area contributed by atoms with Crippen LogP contribution in [0.4, 0.5) is 0 Å². The van der Waals surface area contributed by atoms with Crippen LogP contribution in [-0.4, -0.2) is 34.1 Å². The molecule has 0 spiro atoms. The van der Waals surface area contributed by atoms with E-state index in [2.05, 4.69) is 9.97 Å². The van der Waals surface area contributed by atoms with Crippen molar-refractivity contribution in [2.75, 3.05) is 14.2 Å². The lowest BCUT2D eigenvalue weighted by Crippen LogP contribution is -3.00. The smallest absolute Gasteiger partial charge is 0.280 e. The molecule has 200 valence electrons. The first-order valence-corrected chi connectivity index (χ1v) is 12.4. The zero-order valence-electron chi connectivity index (χ0n) is 21.8. The lowest BCUT2D eigenvalue weighted by Gasteiger charge is -2.16. The van der Waals surface area contributed by atoms with Crippen molar-refractivity contribution < 1.29 is 32.0 Å². The van der Waals surface area contributed by atoms with Gasteiger partial charge in [-0.3, -0.25) is 4.79 Å². The summed E-state index contributed by atoms with van der Waals surface area (Å²) in [4.78, 5) is 21.2. The minimum absolute atomic E-state index is 0. The molecule has 0 aliphatic heterocycles. The Morgan fingerprint density at radius 3 is 2.38 bits per heavy atom. The highest BCUT2D eigenvalue weighted by atomic mass is 35.5. The van der Waals surface area contributed by atoms with Crippen molar-refractivity contribution in [3.05, 3.63) is 107 Å². The van der Waals surface area contributed by atoms with Gasteiger partial charge in [0.1, 0.15) is 5.69 Å². The van der Waals surface area contributed by atoms with E-state index in [0.717, 1.165) is 38.4 Å². The molecular formula is C31H25ClN4O4. The summed E-state index contributed by atoms with van der Waals surface area (Å²) in [6.07, 6.45) is 5.31. The molecule has 3 aromatic carbocycles. The largest absolute Gasteiger partial charge is 1.00 e. The summed E-state index contributed by atoms with van der Waals surface area (Å²) < 4.78 is 12.4. The van der Waals surface area contributed by atoms with Crippen LogP contribution in [0.1, 0.15) is 5.56 Å². The molecule has 6 aromatic rings. The molecule has 0 saturated heterocycles. The van der Waals surface area contributed by atoms with Crippen LogP contribution in [0.3, 0.4) is 0 Å². The van der Waals surface area contributed by atoms with Crippen LogP contribution < -0.4 is 32.4 Å². The third-order valence-corrected chi connectivity index (χ3v) is 6.82. The molecule has 0 unspecified atom stereocenters. The number of aromatic amines is 1. The number of hydrogen-bond donors (Lipinski definition) is 1. The molecule has 3 aromatic heterocycles. The molecule has 3 heterocycles. The summed E-state index contributed by atoms with van der Waals surface area (Å²) >= 11 is 0. The Labute approximate surface area is 235 Å². The maximum absolute atomic E-state index is 13.6. The van der Waals surface area contributed by atoms with Gasteiger partial charge in [-0.25, -0.2) is 9.97 Å². The molecule has 0 atom stereocenters. The third-order valence-electron chi connectivity index (χ3n) is 6.82. The number of halogens is 1. The van der Waals surface area contributed by atoms with Crippen molar-refractivity contribution in [3.63, 3.8) is 0 Å². The first-order valence-electron chi connectivity index (χ1n) is 12.4. The number of methoxy groups -OCH3 is 2. The molecule has 6 rings (SSSR count). The predicted molar refractivity (Wildman–Crippen MR) is 149 cm³/mol. The van der Waals surface area contributed by atoms with Crippen molar-refractivity contribution in [2.24, 2.45) is 0 Å². The Bertz CT molecular complexity index is 1910. The van der Waals surface area contributed by atoms with Crippen LogP contribution in [0.2, 0.25) is 0 Å². The number of ether oxygens (including phenoxy) is 2. The van der Waals surface area contributed by atoms with Gasteiger partial charge in [0, 0.05) is 17.6 Å². The fourth-order valence-corrected chi connectivity index (χ4v) is 4.96. The molecule has 2 N–H and O–H groups in total. The van der Waals surface area contributed by atoms with Gasteiger partial charge in [0.15, 0.2) is 29.7 Å². The van der Waals surface area contributed by atoms with Crippen molar-refractivity contribution in [1.82, 2.24) is 14.8 Å². The second-order valence-corrected chi connectivity index (χ2v) is 8.99. The van der Waals surface area contributed by atoms with E-state index in [1.807, 2.05) is 79.1 Å². The van der Waals surface area contributed by atoms with Crippen LogP contribution in [0.25, 0.3) is 49.7 Å². The molecule has 0 bridgehead atoms. The molecule has 0 aliphatic carbocycles. The van der Waals surface area contributed by atoms with E-state index in [0.29, 0.717) is 28.4 Å². The first kappa shape index (κ1) is 26.8. The number of hydrogen-bond acceptors (Lipinski definition) is 6. The normalized spacial score (nSPS) is 10.9. The lowest BCUT2D eigenvalue weighted by molar-refractivity contribution is -0.377. The number of benzene rings is 3. The number of nitrogens with one attached hydrogen (secondary N) is 1. The Morgan fingerprint density at radius 2 is 1.65 bits per heavy atom. The van der Waals surface area contributed by atoms with Gasteiger partial charge in [0.2, 0.25) is 0 Å². The van der Waals surface area contributed by atoms with E-state index in [-0.39, 0.29) is 24.6 Å². The fraction of sp³-hybridized carbons (Fsp3) is 0.0968. The van der Waals surface area contributed by atoms with Crippen LogP contribution in [0.5, 0.6) is 11.5 Å². The maximum atomic E-state index is 13.6. The van der Waals surface area contributed by atoms with Crippen molar-refractivity contribution in [2.45, 2.75) is 6.61 Å². The van der Waals surface area contributed by atoms with Gasteiger partial charge in [0.25, 0.3) is 5.56 Å². The first-order chi connectivity index (χ1) is 19.1. The highest BCUT2D eigenvalue weighted by molar-refractivity contribution is 6.00. The van der Waals surface area contributed by atoms with Gasteiger partial charge in [-0.2, -0.15) is 9.78 Å². The number of H-pyrrole nitrogens is 1. The van der Waals surface area contributed by atoms with Gasteiger partial charge in [-0.15, -0.1) is 0 Å². The van der Waals surface area contributed by atoms with Gasteiger partial charge in [-0.05, 0) is 63.9 Å². The number of pyridine rings is 2. The second kappa shape index (κ2) is 11.1. The minimum Gasteiger partial charge on any atom is -1.00 e. The average Bonchev–Trinajstić information content (AvgIpc) is 3.00. The maximum Gasteiger partial charge on any atom is 0.280 e. The van der Waals surface area contributed by atoms with Gasteiger partial charge < -0.3 is 27.0 Å². The number of aromatic nitrogens is 4. The van der Waals surface area contributed by atoms with E-state index in [4.69, 9.17) is 14.6 Å². The zero-order valence-corrected chi connectivity index (χ0v) is 22.5. The van der Waals surface area contributed by atoms with Crippen molar-refractivity contribution in [1.29, 1.82) is 0 Å². The molecule has 40 heavy (non-hydrogen) atoms. The quantitative estimate of drug-likeness (QED) is 0.337. The van der Waals surface area contributed by atoms with E-state index in [9.17, 15) is 9.90 Å². The Balaban J connectivity index is 0.00000323. The number of nitrogens with zero attached hydrogens (tertiary/aromatic N) is 3. The summed E-state index contributed by atoms with van der Waals surface area (Å²) in [6, 6.07) is 22.5. The summed E-state index contributed by atoms with van der Waals surface area (Å²) in [5.41, 5.74) is 3.55. The SMILES string of the molecule is COc1cc2ccc(CO)c(-c3ccnc(-n4nc(-c5ccc[nH+]c5)c5ccccc5c4=O)c3)c2cc1OC.[Cl-]. The Hall–Kier alpha value is -4.79. The Morgan fingerprint density at radius 1 is 0.875 bits per heavy atom. The number of rotatable bonds is 6. The highest BCUT2D eigenvalue weighted by Crippen LogP contribution is 2.39. The number of aliphatic hydroxyl groups is 1. The predicted octanol–water partition coefficient (Wildman–Crippen LogP) is 1.60. The topological polar surface area (TPSA) is 101 Å². The molecule has 0 aliphatic rings. The van der Waals surface area contributed by atoms with Crippen molar-refractivity contribution >= 4 is 21.5 Å². The average molecular weight is 553 g/mol. The van der Waals surface area contributed by atoms with Gasteiger partial charge in [0.05, 0.1) is 31.8 Å². The molecule has 0 radical (unpaired) electrons. The molecule has 9 heteroatoms. The minimum atomic E-state index is -0.273. The fourth-order valence-electron chi connectivity index (χ4n) is 4.96. The molecular weight excluding hydrogens is 528 g/mol. The van der Waals surface area contributed by atoms with E-state index < -0.39 is 0 Å². The third kappa shape index (κ3) is 4.53. The monoisotopic (exact) mass is 552 g/mol. The molecule has 0 fully saturated rings. The van der Waals surface area contributed by atoms with E-state index >= 15 is 0 Å². The summed E-state index contributed by atoms with van der Waals surface area (Å²) in [5, 5.41) is 18.1. The van der Waals surface area contributed by atoms with Crippen LogP contribution >= 0.6 is 0 Å². The summed E-state index contributed by atoms with van der Waals surface area (Å²) in [7, 11) is 3.18. The second-order valence-electron chi connectivity index (χ2n) is 8.99. The lowest BCUT2D eigenvalue weighted by atomic mass is 9.93. The number of fused-ring (bicyclic) bond motifs is 2. The van der Waals surface area contributed by atoms with Crippen LogP contribution in [-0.2, 0) is 6.61 Å². The van der Waals surface area contributed by atoms with Gasteiger partial charge >= 0.3 is 0 Å². The van der Waals surface area contributed by atoms with Crippen molar-refractivity contribution in [3.8, 4) is 39.7 Å². The molecule has 0 saturated carbocycles. The van der Waals surface area contributed by atoms with E-state index in [1.165, 1.54) is 4.68 Å². The summed E-state index contributed by atoms with van der Waals surface area (Å²) in [5.74, 6) is 1.55. The summed E-state index contributed by atoms with van der Waals surface area (Å²) in [6.45, 7) is -0.167. The number of aliphatic hydroxyl groups excluding tert-OH is 1. The van der Waals surface area contributed by atoms with E-state index in [1.54, 1.807) is 26.5 Å². The van der Waals surface area contributed by atoms with Gasteiger partial charge in [-0.1, -0.05) is 30.3 Å². The molecule has 0 amide bonds. The zero-order chi connectivity index (χ0) is 26.9. The highest BCUT2D eigenvalue weighted by Gasteiger charge is 2.18. The molecule has 8 nitrogen and oxygen atoms in total. The Kier molecular flexibility index (Phi) is 7.46. The standard InChI is InChI=1S/C31H24N4O4.ClH/c1-38-26-14-19-9-10-22(18-36)29(25(19)16-27(26)39-2)20-11-13-33-28(15-20)35-31(37)24-8-4-3-7-23(24)30(34-35)21-6-5-12-32-17-21;/h3-17,36H,18H2,1-2H3;1H. The van der Waals surface area contributed by atoms with Crippen LogP contribution in [0.15, 0.2) is 96.2 Å². The van der Waals surface area contributed by atoms with Crippen LogP contribution in [0, 0.1) is 0 Å².